The first kappa shape index (κ1) is 14.6. The van der Waals surface area contributed by atoms with E-state index in [4.69, 9.17) is 0 Å². The van der Waals surface area contributed by atoms with Gasteiger partial charge in [0.2, 0.25) is 5.91 Å². The fraction of sp³-hybridized carbons (Fsp3) is 0.250. The summed E-state index contributed by atoms with van der Waals surface area (Å²) in [6.45, 7) is 4.10. The highest BCUT2D eigenvalue weighted by atomic mass is 16.2. The molecular weight excluding hydrogens is 270 g/mol. The number of benzene rings is 2. The van der Waals surface area contributed by atoms with Crippen LogP contribution in [0.4, 0.5) is 0 Å². The van der Waals surface area contributed by atoms with Gasteiger partial charge in [0, 0.05) is 11.6 Å². The summed E-state index contributed by atoms with van der Waals surface area (Å²) in [4.78, 5) is 14.8. The predicted molar refractivity (Wildman–Crippen MR) is 89.9 cm³/mol. The first-order valence-electron chi connectivity index (χ1n) is 7.82. The van der Waals surface area contributed by atoms with Crippen molar-refractivity contribution in [1.29, 1.82) is 0 Å². The molecule has 2 nitrogen and oxygen atoms in total. The van der Waals surface area contributed by atoms with Gasteiger partial charge in [-0.15, -0.1) is 0 Å². The molecule has 0 bridgehead atoms. The molecule has 3 rings (SSSR count). The van der Waals surface area contributed by atoms with Crippen molar-refractivity contribution in [2.45, 2.75) is 26.3 Å². The van der Waals surface area contributed by atoms with E-state index in [1.165, 1.54) is 0 Å². The van der Waals surface area contributed by atoms with Gasteiger partial charge in [0.15, 0.2) is 0 Å². The van der Waals surface area contributed by atoms with Gasteiger partial charge in [0.1, 0.15) is 0 Å². The van der Waals surface area contributed by atoms with Crippen LogP contribution in [-0.2, 0) is 4.79 Å². The Bertz CT molecular complexity index is 675. The second-order valence-electron chi connectivity index (χ2n) is 5.89. The molecule has 0 fully saturated rings. The summed E-state index contributed by atoms with van der Waals surface area (Å²) in [6.07, 6.45) is 3.00. The SMILES string of the molecule is CC1CC=C(c2ccccc2)N([C@@H](C)c2ccccc2)C1=O. The smallest absolute Gasteiger partial charge is 0.230 e. The minimum Gasteiger partial charge on any atom is -0.305 e. The Morgan fingerprint density at radius 1 is 1.00 bits per heavy atom. The van der Waals surface area contributed by atoms with Crippen LogP contribution >= 0.6 is 0 Å². The molecule has 2 aromatic carbocycles. The Labute approximate surface area is 132 Å². The van der Waals surface area contributed by atoms with E-state index in [2.05, 4.69) is 37.3 Å². The van der Waals surface area contributed by atoms with Gasteiger partial charge >= 0.3 is 0 Å². The standard InChI is InChI=1S/C20H21NO/c1-15-13-14-19(18-11-7-4-8-12-18)21(20(15)22)16(2)17-9-5-3-6-10-17/h3-12,14-16H,13H2,1-2H3/t15?,16-/m0/s1. The van der Waals surface area contributed by atoms with Crippen LogP contribution in [0, 0.1) is 5.92 Å². The zero-order chi connectivity index (χ0) is 15.5. The lowest BCUT2D eigenvalue weighted by Gasteiger charge is -2.37. The van der Waals surface area contributed by atoms with Crippen LogP contribution in [0.25, 0.3) is 5.70 Å². The van der Waals surface area contributed by atoms with Crippen molar-refractivity contribution in [3.8, 4) is 0 Å². The van der Waals surface area contributed by atoms with E-state index in [-0.39, 0.29) is 17.9 Å². The summed E-state index contributed by atoms with van der Waals surface area (Å²) in [6, 6.07) is 20.4. The van der Waals surface area contributed by atoms with E-state index in [0.717, 1.165) is 23.2 Å². The molecule has 1 aliphatic rings. The van der Waals surface area contributed by atoms with Crippen molar-refractivity contribution in [3.05, 3.63) is 77.9 Å². The molecule has 2 atom stereocenters. The average molecular weight is 291 g/mol. The fourth-order valence-corrected chi connectivity index (χ4v) is 2.99. The Balaban J connectivity index is 2.02. The van der Waals surface area contributed by atoms with E-state index in [9.17, 15) is 4.79 Å². The lowest BCUT2D eigenvalue weighted by atomic mass is 9.94. The summed E-state index contributed by atoms with van der Waals surface area (Å²) in [7, 11) is 0. The Kier molecular flexibility index (Phi) is 4.10. The zero-order valence-electron chi connectivity index (χ0n) is 13.1. The molecule has 2 aromatic rings. The van der Waals surface area contributed by atoms with E-state index in [0.29, 0.717) is 0 Å². The van der Waals surface area contributed by atoms with Crippen molar-refractivity contribution < 1.29 is 4.79 Å². The number of nitrogens with zero attached hydrogens (tertiary/aromatic N) is 1. The van der Waals surface area contributed by atoms with Gasteiger partial charge in [-0.25, -0.2) is 0 Å². The first-order valence-corrected chi connectivity index (χ1v) is 7.82. The molecular formula is C20H21NO. The molecule has 1 unspecified atom stereocenters. The van der Waals surface area contributed by atoms with Gasteiger partial charge in [0.25, 0.3) is 0 Å². The molecule has 0 spiro atoms. The third-order valence-electron chi connectivity index (χ3n) is 4.32. The summed E-state index contributed by atoms with van der Waals surface area (Å²) < 4.78 is 0. The largest absolute Gasteiger partial charge is 0.305 e. The minimum absolute atomic E-state index is 0.0305. The molecule has 0 saturated heterocycles. The maximum atomic E-state index is 12.8. The van der Waals surface area contributed by atoms with Crippen LogP contribution in [0.3, 0.4) is 0 Å². The van der Waals surface area contributed by atoms with E-state index >= 15 is 0 Å². The highest BCUT2D eigenvalue weighted by molar-refractivity contribution is 5.91. The third kappa shape index (κ3) is 2.69. The fourth-order valence-electron chi connectivity index (χ4n) is 2.99. The number of carbonyl (C=O) groups excluding carboxylic acids is 1. The molecule has 2 heteroatoms. The number of carbonyl (C=O) groups is 1. The van der Waals surface area contributed by atoms with Crippen molar-refractivity contribution in [1.82, 2.24) is 4.90 Å². The molecule has 112 valence electrons. The number of rotatable bonds is 3. The highest BCUT2D eigenvalue weighted by Gasteiger charge is 2.32. The maximum Gasteiger partial charge on any atom is 0.230 e. The molecule has 22 heavy (non-hydrogen) atoms. The van der Waals surface area contributed by atoms with Crippen LogP contribution < -0.4 is 0 Å². The van der Waals surface area contributed by atoms with Crippen LogP contribution in [0.1, 0.15) is 37.4 Å². The van der Waals surface area contributed by atoms with Crippen LogP contribution in [0.15, 0.2) is 66.7 Å². The Hall–Kier alpha value is -2.35. The molecule has 0 aliphatic carbocycles. The molecule has 0 aromatic heterocycles. The minimum atomic E-state index is 0.0305. The summed E-state index contributed by atoms with van der Waals surface area (Å²) in [5, 5.41) is 0. The van der Waals surface area contributed by atoms with Gasteiger partial charge in [-0.05, 0) is 24.5 Å². The quantitative estimate of drug-likeness (QED) is 0.805. The number of allylic oxidation sites excluding steroid dienone is 1. The predicted octanol–water partition coefficient (Wildman–Crippen LogP) is 4.66. The van der Waals surface area contributed by atoms with E-state index in [1.807, 2.05) is 48.2 Å². The molecule has 1 amide bonds. The van der Waals surface area contributed by atoms with Gasteiger partial charge < -0.3 is 4.90 Å². The van der Waals surface area contributed by atoms with Gasteiger partial charge in [-0.2, -0.15) is 0 Å². The first-order chi connectivity index (χ1) is 10.7. The van der Waals surface area contributed by atoms with Crippen LogP contribution in [-0.4, -0.2) is 10.8 Å². The maximum absolute atomic E-state index is 12.8. The molecule has 0 radical (unpaired) electrons. The number of hydrogen-bond donors (Lipinski definition) is 0. The van der Waals surface area contributed by atoms with Crippen LogP contribution in [0.5, 0.6) is 0 Å². The number of hydrogen-bond acceptors (Lipinski definition) is 1. The zero-order valence-corrected chi connectivity index (χ0v) is 13.1. The monoisotopic (exact) mass is 291 g/mol. The summed E-state index contributed by atoms with van der Waals surface area (Å²) in [5.74, 6) is 0.247. The summed E-state index contributed by atoms with van der Waals surface area (Å²) >= 11 is 0. The van der Waals surface area contributed by atoms with Gasteiger partial charge in [-0.1, -0.05) is 73.7 Å². The Morgan fingerprint density at radius 3 is 2.23 bits per heavy atom. The normalized spacial score (nSPS) is 19.7. The highest BCUT2D eigenvalue weighted by Crippen LogP contribution is 2.35. The van der Waals surface area contributed by atoms with E-state index in [1.54, 1.807) is 0 Å². The lowest BCUT2D eigenvalue weighted by molar-refractivity contribution is -0.133. The van der Waals surface area contributed by atoms with Crippen molar-refractivity contribution in [2.75, 3.05) is 0 Å². The van der Waals surface area contributed by atoms with Crippen molar-refractivity contribution >= 4 is 11.6 Å². The molecule has 1 heterocycles. The molecule has 1 aliphatic heterocycles. The van der Waals surface area contributed by atoms with Gasteiger partial charge in [0.05, 0.1) is 6.04 Å². The number of amides is 1. The van der Waals surface area contributed by atoms with E-state index < -0.39 is 0 Å². The molecule has 0 N–H and O–H groups in total. The topological polar surface area (TPSA) is 20.3 Å². The Morgan fingerprint density at radius 2 is 1.59 bits per heavy atom. The third-order valence-corrected chi connectivity index (χ3v) is 4.32. The van der Waals surface area contributed by atoms with Crippen molar-refractivity contribution in [2.24, 2.45) is 5.92 Å². The van der Waals surface area contributed by atoms with Gasteiger partial charge in [-0.3, -0.25) is 4.79 Å². The molecule has 0 saturated carbocycles. The lowest BCUT2D eigenvalue weighted by Crippen LogP contribution is -2.38. The average Bonchev–Trinajstić information content (AvgIpc) is 2.58. The van der Waals surface area contributed by atoms with Crippen LogP contribution in [0.2, 0.25) is 0 Å². The van der Waals surface area contributed by atoms with Crippen molar-refractivity contribution in [3.63, 3.8) is 0 Å². The second-order valence-corrected chi connectivity index (χ2v) is 5.89. The second kappa shape index (κ2) is 6.18. The summed E-state index contributed by atoms with van der Waals surface area (Å²) in [5.41, 5.74) is 3.29.